The second-order valence-corrected chi connectivity index (χ2v) is 5.80. The first-order chi connectivity index (χ1) is 12.8. The molecular weight excluding hydrogens is 331 g/mol. The summed E-state index contributed by atoms with van der Waals surface area (Å²) >= 11 is 0. The molecule has 0 amide bonds. The summed E-state index contributed by atoms with van der Waals surface area (Å²) in [5.41, 5.74) is 2.46. The Morgan fingerprint density at radius 3 is 2.81 bits per heavy atom. The van der Waals surface area contributed by atoms with Crippen LogP contribution in [-0.4, -0.2) is 26.5 Å². The van der Waals surface area contributed by atoms with E-state index in [1.807, 2.05) is 24.3 Å². The Balaban J connectivity index is 1.60. The Bertz CT molecular complexity index is 1020. The zero-order chi connectivity index (χ0) is 17.8. The molecule has 26 heavy (non-hydrogen) atoms. The lowest BCUT2D eigenvalue weighted by Gasteiger charge is -2.11. The Morgan fingerprint density at radius 1 is 1.04 bits per heavy atom. The summed E-state index contributed by atoms with van der Waals surface area (Å²) in [7, 11) is 0. The molecule has 0 aliphatic carbocycles. The molecule has 0 aliphatic heterocycles. The van der Waals surface area contributed by atoms with E-state index in [1.54, 1.807) is 24.7 Å². The molecule has 2 aromatic heterocycles. The highest BCUT2D eigenvalue weighted by molar-refractivity contribution is 5.90. The lowest BCUT2D eigenvalue weighted by atomic mass is 10.2. The van der Waals surface area contributed by atoms with Crippen LogP contribution in [0.2, 0.25) is 0 Å². The molecule has 0 atom stereocenters. The summed E-state index contributed by atoms with van der Waals surface area (Å²) in [5.74, 6) is 0.834. The number of aromatic nitrogens is 4. The van der Waals surface area contributed by atoms with E-state index in [2.05, 4.69) is 30.6 Å². The van der Waals surface area contributed by atoms with Crippen molar-refractivity contribution in [2.24, 2.45) is 0 Å². The Kier molecular flexibility index (Phi) is 4.42. The molecule has 0 aliphatic rings. The molecule has 4 aromatic rings. The Hall–Kier alpha value is -3.48. The van der Waals surface area contributed by atoms with Gasteiger partial charge in [0.2, 0.25) is 5.95 Å². The predicted octanol–water partition coefficient (Wildman–Crippen LogP) is 3.89. The maximum absolute atomic E-state index is 13.4. The fourth-order valence-electron chi connectivity index (χ4n) is 2.70. The third-order valence-electron chi connectivity index (χ3n) is 3.93. The number of hydrogen-bond donors (Lipinski definition) is 3. The zero-order valence-electron chi connectivity index (χ0n) is 13.9. The van der Waals surface area contributed by atoms with Crippen LogP contribution in [0.25, 0.3) is 10.9 Å². The average Bonchev–Trinajstić information content (AvgIpc) is 3.15. The molecule has 6 nitrogen and oxygen atoms in total. The maximum Gasteiger partial charge on any atom is 0.229 e. The summed E-state index contributed by atoms with van der Waals surface area (Å²) < 4.78 is 13.4. The van der Waals surface area contributed by atoms with Gasteiger partial charge in [-0.3, -0.25) is 0 Å². The van der Waals surface area contributed by atoms with Crippen LogP contribution in [0.4, 0.5) is 21.8 Å². The number of imidazole rings is 1. The first-order valence-electron chi connectivity index (χ1n) is 8.28. The largest absolute Gasteiger partial charge is 0.369 e. The van der Waals surface area contributed by atoms with E-state index < -0.39 is 0 Å². The van der Waals surface area contributed by atoms with Gasteiger partial charge in [-0.25, -0.2) is 14.4 Å². The van der Waals surface area contributed by atoms with Crippen LogP contribution in [0.3, 0.4) is 0 Å². The maximum atomic E-state index is 13.4. The Labute approximate surface area is 149 Å². The summed E-state index contributed by atoms with van der Waals surface area (Å²) in [4.78, 5) is 16.2. The van der Waals surface area contributed by atoms with Crippen molar-refractivity contribution in [2.75, 3.05) is 17.2 Å². The molecule has 0 bridgehead atoms. The predicted molar refractivity (Wildman–Crippen MR) is 100 cm³/mol. The number of fused-ring (bicyclic) bond motifs is 1. The minimum absolute atomic E-state index is 0.311. The standard InChI is InChI=1S/C19H17FN6/c20-13-4-3-5-14(10-13)24-19-25-17-7-2-1-6-16(17)18(26-19)22-9-8-15-11-21-12-23-15/h1-7,10-12H,8-9H2,(H,21,23)(H2,22,24,25,26). The van der Waals surface area contributed by atoms with Gasteiger partial charge in [-0.2, -0.15) is 4.98 Å². The number of rotatable bonds is 6. The Morgan fingerprint density at radius 2 is 1.96 bits per heavy atom. The lowest BCUT2D eigenvalue weighted by Crippen LogP contribution is -2.09. The van der Waals surface area contributed by atoms with Crippen LogP contribution >= 0.6 is 0 Å². The highest BCUT2D eigenvalue weighted by atomic mass is 19.1. The number of nitrogens with zero attached hydrogens (tertiary/aromatic N) is 3. The van der Waals surface area contributed by atoms with Crippen molar-refractivity contribution in [1.82, 2.24) is 19.9 Å². The van der Waals surface area contributed by atoms with E-state index in [0.717, 1.165) is 28.8 Å². The van der Waals surface area contributed by atoms with Crippen molar-refractivity contribution in [3.8, 4) is 0 Å². The van der Waals surface area contributed by atoms with Gasteiger partial charge in [0.05, 0.1) is 11.8 Å². The molecule has 0 radical (unpaired) electrons. The van der Waals surface area contributed by atoms with Crippen LogP contribution in [0, 0.1) is 5.82 Å². The fourth-order valence-corrected chi connectivity index (χ4v) is 2.70. The van der Waals surface area contributed by atoms with Crippen LogP contribution in [-0.2, 0) is 6.42 Å². The van der Waals surface area contributed by atoms with Crippen LogP contribution in [0.5, 0.6) is 0 Å². The van der Waals surface area contributed by atoms with Crippen molar-refractivity contribution >= 4 is 28.4 Å². The quantitative estimate of drug-likeness (QED) is 0.493. The molecule has 0 unspecified atom stereocenters. The van der Waals surface area contributed by atoms with Crippen LogP contribution in [0.1, 0.15) is 5.69 Å². The minimum Gasteiger partial charge on any atom is -0.369 e. The molecule has 130 valence electrons. The van der Waals surface area contributed by atoms with Crippen molar-refractivity contribution in [2.45, 2.75) is 6.42 Å². The number of benzene rings is 2. The number of H-pyrrole nitrogens is 1. The summed E-state index contributed by atoms with van der Waals surface area (Å²) in [6.07, 6.45) is 4.26. The normalized spacial score (nSPS) is 10.8. The minimum atomic E-state index is -0.311. The van der Waals surface area contributed by atoms with Gasteiger partial charge in [-0.15, -0.1) is 0 Å². The second kappa shape index (κ2) is 7.18. The smallest absolute Gasteiger partial charge is 0.229 e. The molecule has 3 N–H and O–H groups in total. The van der Waals surface area contributed by atoms with E-state index in [9.17, 15) is 4.39 Å². The number of halogens is 1. The SMILES string of the molecule is Fc1cccc(Nc2nc(NCCc3cnc[nH]3)c3ccccc3n2)c1. The van der Waals surface area contributed by atoms with Crippen molar-refractivity contribution in [3.05, 3.63) is 72.6 Å². The first-order valence-corrected chi connectivity index (χ1v) is 8.28. The lowest BCUT2D eigenvalue weighted by molar-refractivity contribution is 0.628. The van der Waals surface area contributed by atoms with E-state index in [-0.39, 0.29) is 5.82 Å². The van der Waals surface area contributed by atoms with Crippen molar-refractivity contribution in [3.63, 3.8) is 0 Å². The van der Waals surface area contributed by atoms with E-state index in [1.165, 1.54) is 12.1 Å². The third kappa shape index (κ3) is 3.61. The van der Waals surface area contributed by atoms with Gasteiger partial charge in [-0.1, -0.05) is 18.2 Å². The van der Waals surface area contributed by atoms with E-state index in [4.69, 9.17) is 0 Å². The first kappa shape index (κ1) is 16.0. The highest BCUT2D eigenvalue weighted by Gasteiger charge is 2.08. The number of anilines is 3. The molecule has 7 heteroatoms. The molecular formula is C19H17FN6. The summed E-state index contributed by atoms with van der Waals surface area (Å²) in [6, 6.07) is 14.0. The zero-order valence-corrected chi connectivity index (χ0v) is 13.9. The van der Waals surface area contributed by atoms with E-state index >= 15 is 0 Å². The van der Waals surface area contributed by atoms with Gasteiger partial charge in [0.1, 0.15) is 11.6 Å². The van der Waals surface area contributed by atoms with Gasteiger partial charge in [0.25, 0.3) is 0 Å². The molecule has 4 rings (SSSR count). The molecule has 2 aromatic carbocycles. The van der Waals surface area contributed by atoms with E-state index in [0.29, 0.717) is 18.2 Å². The fraction of sp³-hybridized carbons (Fsp3) is 0.105. The monoisotopic (exact) mass is 348 g/mol. The highest BCUT2D eigenvalue weighted by Crippen LogP contribution is 2.23. The van der Waals surface area contributed by atoms with Gasteiger partial charge < -0.3 is 15.6 Å². The number of para-hydroxylation sites is 1. The topological polar surface area (TPSA) is 78.5 Å². The van der Waals surface area contributed by atoms with Crippen LogP contribution in [0.15, 0.2) is 61.1 Å². The van der Waals surface area contributed by atoms with Gasteiger partial charge in [0.15, 0.2) is 0 Å². The van der Waals surface area contributed by atoms with Gasteiger partial charge >= 0.3 is 0 Å². The van der Waals surface area contributed by atoms with Gasteiger partial charge in [-0.05, 0) is 30.3 Å². The molecule has 0 spiro atoms. The number of hydrogen-bond acceptors (Lipinski definition) is 5. The van der Waals surface area contributed by atoms with Crippen LogP contribution < -0.4 is 10.6 Å². The molecule has 0 fully saturated rings. The molecule has 0 saturated heterocycles. The molecule has 2 heterocycles. The average molecular weight is 348 g/mol. The number of nitrogens with one attached hydrogen (secondary N) is 3. The van der Waals surface area contributed by atoms with Crippen molar-refractivity contribution in [1.29, 1.82) is 0 Å². The number of aromatic amines is 1. The third-order valence-corrected chi connectivity index (χ3v) is 3.93. The second-order valence-electron chi connectivity index (χ2n) is 5.80. The summed E-state index contributed by atoms with van der Waals surface area (Å²) in [6.45, 7) is 0.697. The van der Waals surface area contributed by atoms with Gasteiger partial charge in [0, 0.05) is 35.9 Å². The summed E-state index contributed by atoms with van der Waals surface area (Å²) in [5, 5.41) is 7.35. The van der Waals surface area contributed by atoms with Crippen molar-refractivity contribution < 1.29 is 4.39 Å². The molecule has 0 saturated carbocycles.